The lowest BCUT2D eigenvalue weighted by Crippen LogP contribution is -2.18. The Bertz CT molecular complexity index is 352. The summed E-state index contributed by atoms with van der Waals surface area (Å²) in [6.07, 6.45) is 1.14. The maximum absolute atomic E-state index is 5.52. The predicted octanol–water partition coefficient (Wildman–Crippen LogP) is 4.15. The summed E-state index contributed by atoms with van der Waals surface area (Å²) in [5.41, 5.74) is 1.30. The maximum Gasteiger partial charge on any atom is 0.133 e. The van der Waals surface area contributed by atoms with Crippen LogP contribution in [0.3, 0.4) is 0 Å². The molecular weight excluding hydrogens is 278 g/mol. The molecule has 0 fully saturated rings. The van der Waals surface area contributed by atoms with Gasteiger partial charge in [0.15, 0.2) is 0 Å². The summed E-state index contributed by atoms with van der Waals surface area (Å²) in [5.74, 6) is 1.59. The van der Waals surface area contributed by atoms with Gasteiger partial charge in [0.1, 0.15) is 5.75 Å². The van der Waals surface area contributed by atoms with Gasteiger partial charge < -0.3 is 10.1 Å². The van der Waals surface area contributed by atoms with Crippen LogP contribution in [0.5, 0.6) is 5.75 Å². The molecule has 0 radical (unpaired) electrons. The van der Waals surface area contributed by atoms with Crippen LogP contribution in [0.15, 0.2) is 22.7 Å². The quantitative estimate of drug-likeness (QED) is 0.852. The molecule has 1 aromatic rings. The summed E-state index contributed by atoms with van der Waals surface area (Å²) in [5, 5.41) is 3.37. The van der Waals surface area contributed by atoms with E-state index >= 15 is 0 Å². The Kier molecular flexibility index (Phi) is 6.00. The highest BCUT2D eigenvalue weighted by molar-refractivity contribution is 9.10. The van der Waals surface area contributed by atoms with Crippen molar-refractivity contribution in [2.75, 3.05) is 13.7 Å². The van der Waals surface area contributed by atoms with Crippen LogP contribution in [-0.4, -0.2) is 13.7 Å². The lowest BCUT2D eigenvalue weighted by Gasteiger charge is -2.19. The van der Waals surface area contributed by atoms with E-state index < -0.39 is 0 Å². The van der Waals surface area contributed by atoms with E-state index in [-0.39, 0.29) is 0 Å². The number of halogens is 1. The molecule has 3 heteroatoms. The van der Waals surface area contributed by atoms with Gasteiger partial charge in [-0.1, -0.05) is 19.9 Å². The van der Waals surface area contributed by atoms with E-state index in [1.54, 1.807) is 0 Å². The van der Waals surface area contributed by atoms with Crippen molar-refractivity contribution in [3.05, 3.63) is 28.2 Å². The van der Waals surface area contributed by atoms with Gasteiger partial charge in [-0.2, -0.15) is 0 Å². The van der Waals surface area contributed by atoms with Crippen molar-refractivity contribution in [1.29, 1.82) is 0 Å². The normalized spacial score (nSPS) is 12.8. The molecule has 1 N–H and O–H groups in total. The lowest BCUT2D eigenvalue weighted by atomic mass is 9.97. The fourth-order valence-corrected chi connectivity index (χ4v) is 2.41. The molecule has 1 rings (SSSR count). The molecular formula is C14H22BrNO. The molecule has 0 saturated heterocycles. The molecule has 0 saturated carbocycles. The number of ether oxygens (including phenoxy) is 1. The minimum Gasteiger partial charge on any atom is -0.493 e. The van der Waals surface area contributed by atoms with Gasteiger partial charge >= 0.3 is 0 Å². The zero-order valence-electron chi connectivity index (χ0n) is 11.1. The molecule has 0 spiro atoms. The van der Waals surface area contributed by atoms with Crippen molar-refractivity contribution in [3.8, 4) is 5.75 Å². The topological polar surface area (TPSA) is 21.3 Å². The molecule has 0 amide bonds. The molecule has 2 nitrogen and oxygen atoms in total. The van der Waals surface area contributed by atoms with E-state index in [2.05, 4.69) is 47.2 Å². The molecule has 17 heavy (non-hydrogen) atoms. The van der Waals surface area contributed by atoms with Gasteiger partial charge in [0.05, 0.1) is 11.1 Å². The van der Waals surface area contributed by atoms with E-state index in [1.165, 1.54) is 5.56 Å². The zero-order valence-corrected chi connectivity index (χ0v) is 12.7. The molecule has 0 heterocycles. The number of nitrogens with one attached hydrogen (secondary N) is 1. The second-order valence-corrected chi connectivity index (χ2v) is 5.45. The average molecular weight is 300 g/mol. The first-order valence-corrected chi connectivity index (χ1v) is 6.97. The largest absolute Gasteiger partial charge is 0.493 e. The summed E-state index contributed by atoms with van der Waals surface area (Å²) in [7, 11) is 2.01. The van der Waals surface area contributed by atoms with Gasteiger partial charge in [-0.25, -0.2) is 0 Å². The number of benzene rings is 1. The molecule has 0 aliphatic heterocycles. The van der Waals surface area contributed by atoms with Gasteiger partial charge in [0.2, 0.25) is 0 Å². The van der Waals surface area contributed by atoms with Gasteiger partial charge in [-0.05, 0) is 59.9 Å². The SMILES string of the molecule is CCOc1ccc(C(CC(C)C)NC)cc1Br. The Hall–Kier alpha value is -0.540. The van der Waals surface area contributed by atoms with Gasteiger partial charge in [-0.3, -0.25) is 0 Å². The molecule has 1 unspecified atom stereocenters. The fourth-order valence-electron chi connectivity index (χ4n) is 1.90. The van der Waals surface area contributed by atoms with Crippen LogP contribution in [0.2, 0.25) is 0 Å². The van der Waals surface area contributed by atoms with Gasteiger partial charge in [0, 0.05) is 6.04 Å². The monoisotopic (exact) mass is 299 g/mol. The summed E-state index contributed by atoms with van der Waals surface area (Å²) >= 11 is 3.56. The second-order valence-electron chi connectivity index (χ2n) is 4.59. The van der Waals surface area contributed by atoms with E-state index in [1.807, 2.05) is 20.0 Å². The van der Waals surface area contributed by atoms with E-state index in [4.69, 9.17) is 4.74 Å². The number of rotatable bonds is 6. The van der Waals surface area contributed by atoms with Crippen LogP contribution >= 0.6 is 15.9 Å². The maximum atomic E-state index is 5.52. The molecule has 0 aliphatic carbocycles. The van der Waals surface area contributed by atoms with E-state index in [0.29, 0.717) is 18.6 Å². The van der Waals surface area contributed by atoms with Gasteiger partial charge in [-0.15, -0.1) is 0 Å². The van der Waals surface area contributed by atoms with E-state index in [9.17, 15) is 0 Å². The van der Waals surface area contributed by atoms with Crippen molar-refractivity contribution in [1.82, 2.24) is 5.32 Å². The highest BCUT2D eigenvalue weighted by Crippen LogP contribution is 2.30. The summed E-state index contributed by atoms with van der Waals surface area (Å²) in [6, 6.07) is 6.73. The first-order chi connectivity index (χ1) is 8.08. The van der Waals surface area contributed by atoms with Crippen molar-refractivity contribution in [2.24, 2.45) is 5.92 Å². The average Bonchev–Trinajstić information content (AvgIpc) is 2.28. The van der Waals surface area contributed by atoms with Crippen molar-refractivity contribution < 1.29 is 4.74 Å². The summed E-state index contributed by atoms with van der Waals surface area (Å²) in [6.45, 7) is 7.18. The zero-order chi connectivity index (χ0) is 12.8. The third kappa shape index (κ3) is 4.32. The summed E-state index contributed by atoms with van der Waals surface area (Å²) < 4.78 is 6.55. The summed E-state index contributed by atoms with van der Waals surface area (Å²) in [4.78, 5) is 0. The lowest BCUT2D eigenvalue weighted by molar-refractivity contribution is 0.337. The first kappa shape index (κ1) is 14.5. The van der Waals surface area contributed by atoms with Crippen LogP contribution in [0.25, 0.3) is 0 Å². The number of hydrogen-bond donors (Lipinski definition) is 1. The molecule has 1 aromatic carbocycles. The molecule has 96 valence electrons. The second kappa shape index (κ2) is 7.02. The predicted molar refractivity (Wildman–Crippen MR) is 76.6 cm³/mol. The van der Waals surface area contributed by atoms with Crippen molar-refractivity contribution >= 4 is 15.9 Å². The molecule has 0 bridgehead atoms. The molecule has 0 aromatic heterocycles. The third-order valence-electron chi connectivity index (χ3n) is 2.71. The van der Waals surface area contributed by atoms with Crippen molar-refractivity contribution in [3.63, 3.8) is 0 Å². The van der Waals surface area contributed by atoms with Crippen LogP contribution in [-0.2, 0) is 0 Å². The minimum absolute atomic E-state index is 0.405. The van der Waals surface area contributed by atoms with Crippen LogP contribution in [0.1, 0.15) is 38.8 Å². The Labute approximate surface area is 113 Å². The van der Waals surface area contributed by atoms with Crippen molar-refractivity contribution in [2.45, 2.75) is 33.2 Å². The molecule has 0 aliphatic rings. The van der Waals surface area contributed by atoms with Crippen LogP contribution < -0.4 is 10.1 Å². The van der Waals surface area contributed by atoms with Crippen LogP contribution in [0, 0.1) is 5.92 Å². The Balaban J connectivity index is 2.86. The fraction of sp³-hybridized carbons (Fsp3) is 0.571. The Morgan fingerprint density at radius 2 is 2.06 bits per heavy atom. The highest BCUT2D eigenvalue weighted by atomic mass is 79.9. The van der Waals surface area contributed by atoms with Gasteiger partial charge in [0.25, 0.3) is 0 Å². The third-order valence-corrected chi connectivity index (χ3v) is 3.33. The highest BCUT2D eigenvalue weighted by Gasteiger charge is 2.12. The Morgan fingerprint density at radius 1 is 1.35 bits per heavy atom. The smallest absolute Gasteiger partial charge is 0.133 e. The van der Waals surface area contributed by atoms with Crippen LogP contribution in [0.4, 0.5) is 0 Å². The molecule has 1 atom stereocenters. The Morgan fingerprint density at radius 3 is 2.53 bits per heavy atom. The number of hydrogen-bond acceptors (Lipinski definition) is 2. The minimum atomic E-state index is 0.405. The van der Waals surface area contributed by atoms with E-state index in [0.717, 1.165) is 16.6 Å². The first-order valence-electron chi connectivity index (χ1n) is 6.18. The standard InChI is InChI=1S/C14H22BrNO/c1-5-17-14-7-6-11(9-12(14)15)13(16-4)8-10(2)3/h6-7,9-10,13,16H,5,8H2,1-4H3.